The average molecular weight is 230 g/mol. The van der Waals surface area contributed by atoms with E-state index in [1.165, 1.54) is 6.07 Å². The maximum Gasteiger partial charge on any atom is 0.240 e. The predicted octanol–water partition coefficient (Wildman–Crippen LogP) is -0.237. The Kier molecular flexibility index (Phi) is 3.67. The molecule has 0 unspecified atom stereocenters. The highest BCUT2D eigenvalue weighted by atomic mass is 32.2. The molecule has 0 atom stereocenters. The Hall–Kier alpha value is -1.11. The van der Waals surface area contributed by atoms with Gasteiger partial charge in [-0.05, 0) is 12.1 Å². The van der Waals surface area contributed by atoms with Gasteiger partial charge in [0, 0.05) is 13.6 Å². The van der Waals surface area contributed by atoms with Crippen LogP contribution in [0.2, 0.25) is 0 Å². The Morgan fingerprint density at radius 2 is 2.00 bits per heavy atom. The van der Waals surface area contributed by atoms with Crippen molar-refractivity contribution in [3.05, 3.63) is 24.3 Å². The number of hydrogen-bond acceptors (Lipinski definition) is 4. The van der Waals surface area contributed by atoms with Gasteiger partial charge in [0.2, 0.25) is 10.0 Å². The van der Waals surface area contributed by atoms with E-state index in [0.29, 0.717) is 12.2 Å². The summed E-state index contributed by atoms with van der Waals surface area (Å²) in [6.07, 6.45) is 0. The van der Waals surface area contributed by atoms with Crippen LogP contribution >= 0.6 is 0 Å². The van der Waals surface area contributed by atoms with Crippen LogP contribution in [0.1, 0.15) is 0 Å². The molecule has 0 aliphatic carbocycles. The quantitative estimate of drug-likeness (QED) is 0.748. The Balaban J connectivity index is 3.18. The molecule has 6 heteroatoms. The minimum Gasteiger partial charge on any atom is -0.395 e. The highest BCUT2D eigenvalue weighted by molar-refractivity contribution is 7.89. The largest absolute Gasteiger partial charge is 0.395 e. The van der Waals surface area contributed by atoms with E-state index >= 15 is 0 Å². The van der Waals surface area contributed by atoms with Gasteiger partial charge in [-0.1, -0.05) is 12.1 Å². The molecule has 1 aromatic rings. The van der Waals surface area contributed by atoms with Crippen molar-refractivity contribution in [2.45, 2.75) is 4.90 Å². The van der Waals surface area contributed by atoms with Crippen LogP contribution in [-0.2, 0) is 10.0 Å². The molecule has 5 nitrogen and oxygen atoms in total. The molecule has 0 amide bonds. The highest BCUT2D eigenvalue weighted by Crippen LogP contribution is 2.22. The van der Waals surface area contributed by atoms with Gasteiger partial charge in [0.05, 0.1) is 12.3 Å². The minimum atomic E-state index is -3.72. The molecule has 1 rings (SSSR count). The van der Waals surface area contributed by atoms with Gasteiger partial charge in [-0.3, -0.25) is 0 Å². The van der Waals surface area contributed by atoms with Crippen molar-refractivity contribution >= 4 is 15.7 Å². The zero-order valence-electron chi connectivity index (χ0n) is 8.42. The number of hydrogen-bond donors (Lipinski definition) is 2. The molecule has 0 spiro atoms. The first kappa shape index (κ1) is 12.0. The Labute approximate surface area is 89.2 Å². The van der Waals surface area contributed by atoms with Crippen molar-refractivity contribution in [1.82, 2.24) is 0 Å². The smallest absolute Gasteiger partial charge is 0.240 e. The minimum absolute atomic E-state index is 0.0462. The number of anilines is 1. The topological polar surface area (TPSA) is 83.6 Å². The summed E-state index contributed by atoms with van der Waals surface area (Å²) in [5, 5.41) is 13.8. The van der Waals surface area contributed by atoms with Crippen LogP contribution in [-0.4, -0.2) is 33.7 Å². The number of aliphatic hydroxyl groups excluding tert-OH is 1. The zero-order valence-corrected chi connectivity index (χ0v) is 9.24. The Morgan fingerprint density at radius 1 is 1.40 bits per heavy atom. The van der Waals surface area contributed by atoms with Crippen molar-refractivity contribution in [3.8, 4) is 0 Å². The van der Waals surface area contributed by atoms with Crippen molar-refractivity contribution in [1.29, 1.82) is 0 Å². The van der Waals surface area contributed by atoms with E-state index in [1.54, 1.807) is 30.1 Å². The van der Waals surface area contributed by atoms with E-state index in [0.717, 1.165) is 0 Å². The van der Waals surface area contributed by atoms with Crippen molar-refractivity contribution < 1.29 is 13.5 Å². The summed E-state index contributed by atoms with van der Waals surface area (Å²) in [4.78, 5) is 1.71. The lowest BCUT2D eigenvalue weighted by molar-refractivity contribution is 0.304. The lowest BCUT2D eigenvalue weighted by Gasteiger charge is -2.20. The zero-order chi connectivity index (χ0) is 11.5. The summed E-state index contributed by atoms with van der Waals surface area (Å²) in [7, 11) is -2.03. The third-order valence-corrected chi connectivity index (χ3v) is 2.98. The maximum absolute atomic E-state index is 11.3. The second-order valence-corrected chi connectivity index (χ2v) is 4.69. The van der Waals surface area contributed by atoms with Crippen molar-refractivity contribution in [2.75, 3.05) is 25.1 Å². The van der Waals surface area contributed by atoms with Crippen LogP contribution in [0.15, 0.2) is 29.2 Å². The standard InChI is InChI=1S/C9H14N2O3S/c1-11(6-7-12)8-4-2-3-5-9(8)15(10,13)14/h2-5,12H,6-7H2,1H3,(H2,10,13,14). The highest BCUT2D eigenvalue weighted by Gasteiger charge is 2.15. The lowest BCUT2D eigenvalue weighted by Crippen LogP contribution is -2.24. The van der Waals surface area contributed by atoms with Gasteiger partial charge in [0.15, 0.2) is 0 Å². The molecule has 84 valence electrons. The number of aliphatic hydroxyl groups is 1. The normalized spacial score (nSPS) is 11.4. The molecule has 0 heterocycles. The SMILES string of the molecule is CN(CCO)c1ccccc1S(N)(=O)=O. The second kappa shape index (κ2) is 4.61. The summed E-state index contributed by atoms with van der Waals surface area (Å²) in [6.45, 7) is 0.308. The van der Waals surface area contributed by atoms with Gasteiger partial charge in [-0.2, -0.15) is 0 Å². The van der Waals surface area contributed by atoms with E-state index in [-0.39, 0.29) is 11.5 Å². The predicted molar refractivity (Wildman–Crippen MR) is 58.2 cm³/mol. The van der Waals surface area contributed by atoms with Crippen molar-refractivity contribution in [3.63, 3.8) is 0 Å². The van der Waals surface area contributed by atoms with E-state index < -0.39 is 10.0 Å². The van der Waals surface area contributed by atoms with E-state index in [4.69, 9.17) is 10.2 Å². The first-order chi connectivity index (χ1) is 6.96. The molecule has 0 fully saturated rings. The molecule has 15 heavy (non-hydrogen) atoms. The molecule has 0 aliphatic heterocycles. The van der Waals surface area contributed by atoms with Gasteiger partial charge in [0.1, 0.15) is 4.90 Å². The molecule has 3 N–H and O–H groups in total. The van der Waals surface area contributed by atoms with E-state index in [2.05, 4.69) is 0 Å². The molecule has 0 aromatic heterocycles. The lowest BCUT2D eigenvalue weighted by atomic mass is 10.3. The third kappa shape index (κ3) is 2.92. The van der Waals surface area contributed by atoms with Crippen LogP contribution in [0.3, 0.4) is 0 Å². The van der Waals surface area contributed by atoms with Crippen LogP contribution in [0.4, 0.5) is 5.69 Å². The third-order valence-electron chi connectivity index (χ3n) is 2.02. The number of primary sulfonamides is 1. The number of nitrogens with two attached hydrogens (primary N) is 1. The maximum atomic E-state index is 11.3. The van der Waals surface area contributed by atoms with Crippen LogP contribution < -0.4 is 10.0 Å². The summed E-state index contributed by atoms with van der Waals surface area (Å²) >= 11 is 0. The average Bonchev–Trinajstić information content (AvgIpc) is 2.17. The van der Waals surface area contributed by atoms with Gasteiger partial charge in [-0.25, -0.2) is 13.6 Å². The number of likely N-dealkylation sites (N-methyl/N-ethyl adjacent to an activating group) is 1. The molecule has 0 saturated carbocycles. The Morgan fingerprint density at radius 3 is 2.53 bits per heavy atom. The number of nitrogens with zero attached hydrogens (tertiary/aromatic N) is 1. The fourth-order valence-corrected chi connectivity index (χ4v) is 2.07. The van der Waals surface area contributed by atoms with E-state index in [1.807, 2.05) is 0 Å². The monoisotopic (exact) mass is 230 g/mol. The molecule has 0 aliphatic rings. The fraction of sp³-hybridized carbons (Fsp3) is 0.333. The van der Waals surface area contributed by atoms with Gasteiger partial charge in [0.25, 0.3) is 0 Å². The fourth-order valence-electron chi connectivity index (χ4n) is 1.28. The van der Waals surface area contributed by atoms with Crippen LogP contribution in [0.5, 0.6) is 0 Å². The molecule has 0 saturated heterocycles. The summed E-state index contributed by atoms with van der Waals surface area (Å²) in [5.74, 6) is 0. The number of benzene rings is 1. The number of rotatable bonds is 4. The molecule has 1 aromatic carbocycles. The van der Waals surface area contributed by atoms with Crippen LogP contribution in [0, 0.1) is 0 Å². The van der Waals surface area contributed by atoms with Gasteiger partial charge < -0.3 is 10.0 Å². The molecular weight excluding hydrogens is 216 g/mol. The Bertz CT molecular complexity index is 431. The summed E-state index contributed by atoms with van der Waals surface area (Å²) in [5.41, 5.74) is 0.494. The number of para-hydroxylation sites is 1. The number of sulfonamides is 1. The van der Waals surface area contributed by atoms with Crippen LogP contribution in [0.25, 0.3) is 0 Å². The second-order valence-electron chi connectivity index (χ2n) is 3.16. The van der Waals surface area contributed by atoms with E-state index in [9.17, 15) is 8.42 Å². The van der Waals surface area contributed by atoms with Crippen molar-refractivity contribution in [2.24, 2.45) is 5.14 Å². The summed E-state index contributed by atoms with van der Waals surface area (Å²) < 4.78 is 22.5. The van der Waals surface area contributed by atoms with Gasteiger partial charge in [-0.15, -0.1) is 0 Å². The first-order valence-corrected chi connectivity index (χ1v) is 5.95. The molecule has 0 radical (unpaired) electrons. The molecular formula is C9H14N2O3S. The summed E-state index contributed by atoms with van der Waals surface area (Å²) in [6, 6.07) is 6.42. The first-order valence-electron chi connectivity index (χ1n) is 4.40. The van der Waals surface area contributed by atoms with Gasteiger partial charge >= 0.3 is 0 Å². The molecule has 0 bridgehead atoms.